The van der Waals surface area contributed by atoms with Gasteiger partial charge < -0.3 is 4.57 Å². The summed E-state index contributed by atoms with van der Waals surface area (Å²) < 4.78 is 17.6. The monoisotopic (exact) mass is 356 g/mol. The third-order valence-electron chi connectivity index (χ3n) is 4.24. The van der Waals surface area contributed by atoms with Gasteiger partial charge in [-0.05, 0) is 36.6 Å². The van der Waals surface area contributed by atoms with E-state index in [9.17, 15) is 14.0 Å². The molecular formula is C19H21FN4O2. The lowest BCUT2D eigenvalue weighted by Gasteiger charge is -2.13. The number of fused-ring (bicyclic) bond motifs is 1. The Labute approximate surface area is 149 Å². The highest BCUT2D eigenvalue weighted by Crippen LogP contribution is 2.14. The number of hydrogen-bond acceptors (Lipinski definition) is 3. The zero-order valence-corrected chi connectivity index (χ0v) is 14.9. The molecule has 6 nitrogen and oxygen atoms in total. The number of hydrogen-bond donors (Lipinski definition) is 0. The van der Waals surface area contributed by atoms with Crippen molar-refractivity contribution in [1.29, 1.82) is 0 Å². The van der Waals surface area contributed by atoms with Gasteiger partial charge in [-0.1, -0.05) is 19.9 Å². The van der Waals surface area contributed by atoms with E-state index >= 15 is 0 Å². The molecular weight excluding hydrogens is 335 g/mol. The minimum atomic E-state index is -0.474. The van der Waals surface area contributed by atoms with Crippen LogP contribution in [0.2, 0.25) is 0 Å². The molecule has 0 bridgehead atoms. The van der Waals surface area contributed by atoms with Crippen molar-refractivity contribution in [2.24, 2.45) is 5.92 Å². The van der Waals surface area contributed by atoms with Crippen LogP contribution in [0.15, 0.2) is 52.8 Å². The molecule has 1 aromatic carbocycles. The Morgan fingerprint density at radius 1 is 1.23 bits per heavy atom. The summed E-state index contributed by atoms with van der Waals surface area (Å²) in [5.41, 5.74) is 0.206. The van der Waals surface area contributed by atoms with E-state index in [2.05, 4.69) is 11.6 Å². The molecule has 0 radical (unpaired) electrons. The Kier molecular flexibility index (Phi) is 4.88. The van der Waals surface area contributed by atoms with E-state index in [1.807, 2.05) is 13.8 Å². The van der Waals surface area contributed by atoms with Crippen LogP contribution in [0.5, 0.6) is 0 Å². The highest BCUT2D eigenvalue weighted by molar-refractivity contribution is 5.72. The highest BCUT2D eigenvalue weighted by Gasteiger charge is 2.19. The average Bonchev–Trinajstić information content (AvgIpc) is 3.00. The smallest absolute Gasteiger partial charge is 0.321 e. The van der Waals surface area contributed by atoms with Crippen molar-refractivity contribution in [3.05, 3.63) is 69.9 Å². The molecule has 0 saturated heterocycles. The lowest BCUT2D eigenvalue weighted by Crippen LogP contribution is -2.40. The molecule has 3 aromatic rings. The van der Waals surface area contributed by atoms with Crippen LogP contribution in [-0.4, -0.2) is 18.7 Å². The van der Waals surface area contributed by atoms with Crippen LogP contribution < -0.4 is 11.2 Å². The molecule has 0 saturated carbocycles. The molecule has 0 unspecified atom stereocenters. The summed E-state index contributed by atoms with van der Waals surface area (Å²) in [6.45, 7) is 8.47. The largest absolute Gasteiger partial charge is 0.337 e. The van der Waals surface area contributed by atoms with Crippen LogP contribution in [0.25, 0.3) is 16.9 Å². The highest BCUT2D eigenvalue weighted by atomic mass is 19.1. The maximum atomic E-state index is 13.3. The minimum absolute atomic E-state index is 0.259. The quantitative estimate of drug-likeness (QED) is 0.638. The van der Waals surface area contributed by atoms with Crippen molar-refractivity contribution in [3.63, 3.8) is 0 Å². The van der Waals surface area contributed by atoms with Crippen molar-refractivity contribution < 1.29 is 4.39 Å². The van der Waals surface area contributed by atoms with Crippen LogP contribution in [0.4, 0.5) is 4.39 Å². The first-order chi connectivity index (χ1) is 12.4. The molecule has 0 amide bonds. The fourth-order valence-electron chi connectivity index (χ4n) is 2.86. The van der Waals surface area contributed by atoms with E-state index in [1.165, 1.54) is 39.7 Å². The van der Waals surface area contributed by atoms with Crippen LogP contribution in [-0.2, 0) is 13.1 Å². The molecule has 0 atom stereocenters. The normalized spacial score (nSPS) is 11.4. The SMILES string of the molecule is C=CCn1cnc2c1c(=O)n(CCC(C)C)c(=O)n2-c1ccc(F)cc1. The van der Waals surface area contributed by atoms with Gasteiger partial charge in [0.15, 0.2) is 11.2 Å². The first kappa shape index (κ1) is 17.8. The fraction of sp³-hybridized carbons (Fsp3) is 0.316. The first-order valence-corrected chi connectivity index (χ1v) is 8.51. The molecule has 0 N–H and O–H groups in total. The molecule has 2 heterocycles. The lowest BCUT2D eigenvalue weighted by atomic mass is 10.1. The third-order valence-corrected chi connectivity index (χ3v) is 4.24. The van der Waals surface area contributed by atoms with Gasteiger partial charge in [0.25, 0.3) is 5.56 Å². The van der Waals surface area contributed by atoms with Gasteiger partial charge in [0, 0.05) is 13.1 Å². The standard InChI is InChI=1S/C19H21FN4O2/c1-4-10-22-12-21-17-16(22)18(25)23(11-9-13(2)3)19(26)24(17)15-7-5-14(20)6-8-15/h4-8,12-13H,1,9-11H2,2-3H3. The van der Waals surface area contributed by atoms with Gasteiger partial charge in [-0.15, -0.1) is 6.58 Å². The summed E-state index contributed by atoms with van der Waals surface area (Å²) in [6.07, 6.45) is 3.87. The molecule has 0 fully saturated rings. The predicted octanol–water partition coefficient (Wildman–Crippen LogP) is 2.72. The van der Waals surface area contributed by atoms with Crippen molar-refractivity contribution in [2.75, 3.05) is 0 Å². The van der Waals surface area contributed by atoms with Crippen LogP contribution in [0.3, 0.4) is 0 Å². The maximum absolute atomic E-state index is 13.3. The summed E-state index contributed by atoms with van der Waals surface area (Å²) in [6, 6.07) is 5.55. The summed E-state index contributed by atoms with van der Waals surface area (Å²) >= 11 is 0. The molecule has 0 aliphatic heterocycles. The molecule has 3 rings (SSSR count). The van der Waals surface area contributed by atoms with E-state index in [0.717, 1.165) is 0 Å². The summed E-state index contributed by atoms with van der Waals surface area (Å²) in [5, 5.41) is 0. The summed E-state index contributed by atoms with van der Waals surface area (Å²) in [7, 11) is 0. The topological polar surface area (TPSA) is 61.8 Å². The fourth-order valence-corrected chi connectivity index (χ4v) is 2.86. The second-order valence-electron chi connectivity index (χ2n) is 6.59. The van der Waals surface area contributed by atoms with Gasteiger partial charge in [-0.25, -0.2) is 18.7 Å². The van der Waals surface area contributed by atoms with Gasteiger partial charge in [0.1, 0.15) is 5.82 Å². The molecule has 0 spiro atoms. The number of allylic oxidation sites excluding steroid dienone is 1. The number of benzene rings is 1. The number of nitrogens with zero attached hydrogens (tertiary/aromatic N) is 4. The summed E-state index contributed by atoms with van der Waals surface area (Å²) in [5.74, 6) is -0.0577. The van der Waals surface area contributed by atoms with Crippen molar-refractivity contribution in [3.8, 4) is 5.69 Å². The average molecular weight is 356 g/mol. The van der Waals surface area contributed by atoms with E-state index in [1.54, 1.807) is 10.6 Å². The Morgan fingerprint density at radius 2 is 1.92 bits per heavy atom. The van der Waals surface area contributed by atoms with Gasteiger partial charge in [-0.2, -0.15) is 0 Å². The molecule has 2 aromatic heterocycles. The zero-order chi connectivity index (χ0) is 18.8. The molecule has 0 aliphatic rings. The van der Waals surface area contributed by atoms with Gasteiger partial charge in [0.2, 0.25) is 0 Å². The van der Waals surface area contributed by atoms with Gasteiger partial charge >= 0.3 is 5.69 Å². The molecule has 0 aliphatic carbocycles. The van der Waals surface area contributed by atoms with E-state index in [-0.39, 0.29) is 11.2 Å². The number of imidazole rings is 1. The van der Waals surface area contributed by atoms with Gasteiger partial charge in [0.05, 0.1) is 12.0 Å². The number of rotatable bonds is 6. The number of aromatic nitrogens is 4. The van der Waals surface area contributed by atoms with Crippen LogP contribution in [0.1, 0.15) is 20.3 Å². The van der Waals surface area contributed by atoms with Gasteiger partial charge in [-0.3, -0.25) is 9.36 Å². The van der Waals surface area contributed by atoms with Crippen molar-refractivity contribution >= 4 is 11.2 Å². The number of halogens is 1. The van der Waals surface area contributed by atoms with E-state index in [0.29, 0.717) is 36.6 Å². The van der Waals surface area contributed by atoms with Crippen molar-refractivity contribution in [1.82, 2.24) is 18.7 Å². The second kappa shape index (κ2) is 7.11. The molecule has 26 heavy (non-hydrogen) atoms. The molecule has 7 heteroatoms. The Morgan fingerprint density at radius 3 is 2.54 bits per heavy atom. The minimum Gasteiger partial charge on any atom is -0.321 e. The first-order valence-electron chi connectivity index (χ1n) is 8.51. The predicted molar refractivity (Wildman–Crippen MR) is 99.2 cm³/mol. The van der Waals surface area contributed by atoms with E-state index < -0.39 is 11.5 Å². The zero-order valence-electron chi connectivity index (χ0n) is 14.9. The molecule has 136 valence electrons. The third kappa shape index (κ3) is 3.12. The van der Waals surface area contributed by atoms with Crippen molar-refractivity contribution in [2.45, 2.75) is 33.4 Å². The Hall–Kier alpha value is -2.96. The lowest BCUT2D eigenvalue weighted by molar-refractivity contribution is 0.491. The maximum Gasteiger partial charge on any atom is 0.337 e. The Balaban J connectivity index is 2.34. The van der Waals surface area contributed by atoms with Crippen LogP contribution >= 0.6 is 0 Å². The van der Waals surface area contributed by atoms with E-state index in [4.69, 9.17) is 0 Å². The second-order valence-corrected chi connectivity index (χ2v) is 6.59. The Bertz CT molecular complexity index is 1060. The van der Waals surface area contributed by atoms with Crippen LogP contribution in [0, 0.1) is 11.7 Å². The summed E-state index contributed by atoms with van der Waals surface area (Å²) in [4.78, 5) is 30.2.